The van der Waals surface area contributed by atoms with Crippen LogP contribution >= 0.6 is 11.3 Å². The zero-order chi connectivity index (χ0) is 15.4. The summed E-state index contributed by atoms with van der Waals surface area (Å²) in [4.78, 5) is 2.62. The monoisotopic (exact) mass is 307 g/mol. The smallest absolute Gasteiger partial charge is 0.200 e. The van der Waals surface area contributed by atoms with Gasteiger partial charge in [-0.2, -0.15) is 0 Å². The quantitative estimate of drug-likeness (QED) is 0.855. The van der Waals surface area contributed by atoms with Crippen molar-refractivity contribution in [3.05, 3.63) is 39.6 Å². The van der Waals surface area contributed by atoms with Gasteiger partial charge in [0.1, 0.15) is 0 Å². The zero-order valence-electron chi connectivity index (χ0n) is 12.8. The van der Waals surface area contributed by atoms with E-state index in [1.807, 2.05) is 12.1 Å². The van der Waals surface area contributed by atoms with E-state index in [-0.39, 0.29) is 11.8 Å². The van der Waals surface area contributed by atoms with Crippen molar-refractivity contribution in [3.63, 3.8) is 0 Å². The molecular weight excluding hydrogens is 286 g/mol. The Hall–Kier alpha value is -1.72. The highest BCUT2D eigenvalue weighted by Crippen LogP contribution is 2.37. The van der Waals surface area contributed by atoms with Gasteiger partial charge in [0.2, 0.25) is 5.75 Å². The van der Waals surface area contributed by atoms with Crippen LogP contribution < -0.4 is 14.8 Å². The first-order valence-corrected chi connectivity index (χ1v) is 7.60. The fraction of sp³-hybridized carbons (Fsp3) is 0.375. The van der Waals surface area contributed by atoms with Gasteiger partial charge in [-0.25, -0.2) is 0 Å². The fourth-order valence-electron chi connectivity index (χ4n) is 2.11. The summed E-state index contributed by atoms with van der Waals surface area (Å²) in [5.41, 5.74) is 1.00. The fourth-order valence-corrected chi connectivity index (χ4v) is 3.01. The molecule has 2 N–H and O–H groups in total. The molecule has 21 heavy (non-hydrogen) atoms. The highest BCUT2D eigenvalue weighted by atomic mass is 32.1. The average molecular weight is 307 g/mol. The Bertz CT molecular complexity index is 584. The van der Waals surface area contributed by atoms with E-state index in [1.165, 1.54) is 24.0 Å². The molecule has 1 aromatic heterocycles. The SMILES string of the molecule is COc1cc(CNC(C)c2ccc(C)s2)cc(OC)c1O. The molecule has 0 aliphatic rings. The lowest BCUT2D eigenvalue weighted by molar-refractivity contribution is 0.339. The van der Waals surface area contributed by atoms with Crippen LogP contribution in [0.2, 0.25) is 0 Å². The van der Waals surface area contributed by atoms with Crippen LogP contribution in [-0.4, -0.2) is 19.3 Å². The van der Waals surface area contributed by atoms with Crippen molar-refractivity contribution in [3.8, 4) is 17.2 Å². The van der Waals surface area contributed by atoms with Crippen LogP contribution in [0.5, 0.6) is 17.2 Å². The van der Waals surface area contributed by atoms with Crippen LogP contribution in [0.4, 0.5) is 0 Å². The molecule has 0 amide bonds. The van der Waals surface area contributed by atoms with Gasteiger partial charge in [-0.15, -0.1) is 11.3 Å². The third-order valence-electron chi connectivity index (χ3n) is 3.34. The second-order valence-electron chi connectivity index (χ2n) is 4.90. The standard InChI is InChI=1S/C16H21NO3S/c1-10-5-6-15(21-10)11(2)17-9-12-7-13(19-3)16(18)14(8-12)20-4/h5-8,11,17-18H,9H2,1-4H3. The van der Waals surface area contributed by atoms with Gasteiger partial charge in [0.15, 0.2) is 11.5 Å². The molecule has 114 valence electrons. The number of hydrogen-bond donors (Lipinski definition) is 2. The number of rotatable bonds is 6. The number of thiophene rings is 1. The number of phenols is 1. The number of aryl methyl sites for hydroxylation is 1. The Kier molecular flexibility index (Phi) is 5.09. The second kappa shape index (κ2) is 6.83. The minimum Gasteiger partial charge on any atom is -0.502 e. The van der Waals surface area contributed by atoms with Crippen molar-refractivity contribution < 1.29 is 14.6 Å². The molecule has 1 heterocycles. The Morgan fingerprint density at radius 3 is 2.29 bits per heavy atom. The predicted octanol–water partition coefficient (Wildman–Crippen LogP) is 3.63. The maximum Gasteiger partial charge on any atom is 0.200 e. The first-order chi connectivity index (χ1) is 10.0. The molecule has 0 aliphatic carbocycles. The molecule has 0 spiro atoms. The van der Waals surface area contributed by atoms with E-state index in [0.29, 0.717) is 18.0 Å². The van der Waals surface area contributed by atoms with Crippen molar-refractivity contribution in [2.75, 3.05) is 14.2 Å². The summed E-state index contributed by atoms with van der Waals surface area (Å²) < 4.78 is 10.3. The molecule has 0 aliphatic heterocycles. The Balaban J connectivity index is 2.09. The summed E-state index contributed by atoms with van der Waals surface area (Å²) >= 11 is 1.80. The van der Waals surface area contributed by atoms with Crippen LogP contribution in [0.15, 0.2) is 24.3 Å². The van der Waals surface area contributed by atoms with Crippen LogP contribution in [0, 0.1) is 6.92 Å². The first kappa shape index (κ1) is 15.7. The lowest BCUT2D eigenvalue weighted by Crippen LogP contribution is -2.17. The average Bonchev–Trinajstić information content (AvgIpc) is 2.92. The molecule has 1 aromatic carbocycles. The summed E-state index contributed by atoms with van der Waals surface area (Å²) in [6, 6.07) is 8.18. The van der Waals surface area contributed by atoms with Crippen molar-refractivity contribution >= 4 is 11.3 Å². The summed E-state index contributed by atoms with van der Waals surface area (Å²) in [6.45, 7) is 4.92. The van der Waals surface area contributed by atoms with Crippen molar-refractivity contribution in [2.45, 2.75) is 26.4 Å². The Morgan fingerprint density at radius 1 is 1.19 bits per heavy atom. The topological polar surface area (TPSA) is 50.7 Å². The predicted molar refractivity (Wildman–Crippen MR) is 85.5 cm³/mol. The van der Waals surface area contributed by atoms with Gasteiger partial charge in [0.25, 0.3) is 0 Å². The number of nitrogens with one attached hydrogen (secondary N) is 1. The molecule has 0 radical (unpaired) electrons. The van der Waals surface area contributed by atoms with Crippen LogP contribution in [0.1, 0.15) is 28.3 Å². The van der Waals surface area contributed by atoms with E-state index in [2.05, 4.69) is 31.3 Å². The molecule has 0 saturated carbocycles. The molecule has 5 heteroatoms. The number of hydrogen-bond acceptors (Lipinski definition) is 5. The van der Waals surface area contributed by atoms with Crippen molar-refractivity contribution in [2.24, 2.45) is 0 Å². The summed E-state index contributed by atoms with van der Waals surface area (Å²) in [7, 11) is 3.06. The Morgan fingerprint density at radius 2 is 1.81 bits per heavy atom. The molecule has 2 aromatic rings. The highest BCUT2D eigenvalue weighted by Gasteiger charge is 2.12. The van der Waals surface area contributed by atoms with E-state index in [4.69, 9.17) is 9.47 Å². The first-order valence-electron chi connectivity index (χ1n) is 6.78. The van der Waals surface area contributed by atoms with Crippen LogP contribution in [-0.2, 0) is 6.54 Å². The lowest BCUT2D eigenvalue weighted by Gasteiger charge is -2.15. The maximum absolute atomic E-state index is 9.90. The van der Waals surface area contributed by atoms with Gasteiger partial charge in [0, 0.05) is 22.3 Å². The van der Waals surface area contributed by atoms with Crippen LogP contribution in [0.25, 0.3) is 0 Å². The third-order valence-corrected chi connectivity index (χ3v) is 4.52. The van der Waals surface area contributed by atoms with E-state index in [1.54, 1.807) is 11.3 Å². The second-order valence-corrected chi connectivity index (χ2v) is 6.22. The zero-order valence-corrected chi connectivity index (χ0v) is 13.6. The summed E-state index contributed by atoms with van der Waals surface area (Å²) in [5.74, 6) is 0.877. The number of ether oxygens (including phenoxy) is 2. The summed E-state index contributed by atoms with van der Waals surface area (Å²) in [6.07, 6.45) is 0. The third kappa shape index (κ3) is 3.68. The number of aromatic hydroxyl groups is 1. The minimum absolute atomic E-state index is 0.0330. The van der Waals surface area contributed by atoms with E-state index < -0.39 is 0 Å². The number of phenolic OH excluding ortho intramolecular Hbond substituents is 1. The molecule has 0 bridgehead atoms. The molecule has 1 unspecified atom stereocenters. The van der Waals surface area contributed by atoms with Crippen molar-refractivity contribution in [1.82, 2.24) is 5.32 Å². The van der Waals surface area contributed by atoms with Gasteiger partial charge < -0.3 is 19.9 Å². The summed E-state index contributed by atoms with van der Waals surface area (Å²) in [5, 5.41) is 13.4. The largest absolute Gasteiger partial charge is 0.502 e. The highest BCUT2D eigenvalue weighted by molar-refractivity contribution is 7.12. The Labute approximate surface area is 129 Å². The van der Waals surface area contributed by atoms with E-state index in [0.717, 1.165) is 5.56 Å². The molecule has 0 fully saturated rings. The van der Waals surface area contributed by atoms with Crippen LogP contribution in [0.3, 0.4) is 0 Å². The van der Waals surface area contributed by atoms with E-state index >= 15 is 0 Å². The van der Waals surface area contributed by atoms with Gasteiger partial charge in [0.05, 0.1) is 14.2 Å². The van der Waals surface area contributed by atoms with Gasteiger partial charge >= 0.3 is 0 Å². The van der Waals surface area contributed by atoms with Gasteiger partial charge in [-0.3, -0.25) is 0 Å². The normalized spacial score (nSPS) is 12.2. The molecular formula is C16H21NO3S. The number of methoxy groups -OCH3 is 2. The molecule has 2 rings (SSSR count). The maximum atomic E-state index is 9.90. The molecule has 4 nitrogen and oxygen atoms in total. The minimum atomic E-state index is 0.0330. The molecule has 0 saturated heterocycles. The lowest BCUT2D eigenvalue weighted by atomic mass is 10.1. The van der Waals surface area contributed by atoms with Gasteiger partial charge in [-0.1, -0.05) is 0 Å². The molecule has 1 atom stereocenters. The number of benzene rings is 1. The van der Waals surface area contributed by atoms with Crippen molar-refractivity contribution in [1.29, 1.82) is 0 Å². The van der Waals surface area contributed by atoms with E-state index in [9.17, 15) is 5.11 Å². The van der Waals surface area contributed by atoms with Gasteiger partial charge in [-0.05, 0) is 43.7 Å².